The number of halogens is 1. The lowest BCUT2D eigenvalue weighted by atomic mass is 9.99. The van der Waals surface area contributed by atoms with Crippen LogP contribution in [0.3, 0.4) is 0 Å². The van der Waals surface area contributed by atoms with Gasteiger partial charge in [0.15, 0.2) is 0 Å². The fourth-order valence-electron chi connectivity index (χ4n) is 3.40. The van der Waals surface area contributed by atoms with Crippen LogP contribution in [0.15, 0.2) is 24.5 Å². The zero-order chi connectivity index (χ0) is 18.0. The molecule has 0 spiro atoms. The molecule has 0 amide bonds. The van der Waals surface area contributed by atoms with Crippen molar-refractivity contribution in [3.8, 4) is 11.1 Å². The van der Waals surface area contributed by atoms with Crippen molar-refractivity contribution in [2.24, 2.45) is 5.92 Å². The van der Waals surface area contributed by atoms with Gasteiger partial charge in [0.1, 0.15) is 0 Å². The fraction of sp³-hybridized carbons (Fsp3) is 0.550. The molecule has 3 rings (SSSR count). The standard InChI is InChI=1S/C20H28N4O.ClH/c1-13(2)8-19-18(17-6-7-21-14(3)9-17)10-22-20(23-19)24-11-15(4)25-16(5)12-24;/h6-7,9-10,13,15-16H,8,11-12H2,1-5H3;1H. The second kappa shape index (κ2) is 8.78. The summed E-state index contributed by atoms with van der Waals surface area (Å²) in [4.78, 5) is 16.2. The Hall–Kier alpha value is -1.72. The Morgan fingerprint density at radius 2 is 1.88 bits per heavy atom. The Labute approximate surface area is 162 Å². The van der Waals surface area contributed by atoms with Gasteiger partial charge in [-0.25, -0.2) is 9.97 Å². The van der Waals surface area contributed by atoms with Crippen LogP contribution in [0, 0.1) is 12.8 Å². The third-order valence-corrected chi connectivity index (χ3v) is 4.37. The van der Waals surface area contributed by atoms with E-state index in [1.165, 1.54) is 0 Å². The molecule has 5 nitrogen and oxygen atoms in total. The molecule has 6 heteroatoms. The summed E-state index contributed by atoms with van der Waals surface area (Å²) in [7, 11) is 0. The number of hydrogen-bond acceptors (Lipinski definition) is 5. The number of anilines is 1. The molecule has 2 aromatic rings. The van der Waals surface area contributed by atoms with Crippen LogP contribution in [0.1, 0.15) is 39.1 Å². The lowest BCUT2D eigenvalue weighted by Gasteiger charge is -2.35. The maximum Gasteiger partial charge on any atom is 0.225 e. The third kappa shape index (κ3) is 4.92. The summed E-state index contributed by atoms with van der Waals surface area (Å²) in [5.74, 6) is 1.35. The van der Waals surface area contributed by atoms with E-state index in [0.717, 1.165) is 48.0 Å². The van der Waals surface area contributed by atoms with Crippen molar-refractivity contribution >= 4 is 18.4 Å². The molecule has 2 atom stereocenters. The van der Waals surface area contributed by atoms with Crippen molar-refractivity contribution in [2.75, 3.05) is 18.0 Å². The van der Waals surface area contributed by atoms with Gasteiger partial charge >= 0.3 is 0 Å². The van der Waals surface area contributed by atoms with Crippen LogP contribution >= 0.6 is 12.4 Å². The Balaban J connectivity index is 0.00000243. The molecular weight excluding hydrogens is 348 g/mol. The summed E-state index contributed by atoms with van der Waals surface area (Å²) in [6.45, 7) is 12.3. The molecule has 2 unspecified atom stereocenters. The molecule has 1 saturated heterocycles. The van der Waals surface area contributed by atoms with E-state index < -0.39 is 0 Å². The maximum absolute atomic E-state index is 5.83. The van der Waals surface area contributed by atoms with Gasteiger partial charge in [-0.1, -0.05) is 13.8 Å². The quantitative estimate of drug-likeness (QED) is 0.804. The molecule has 3 heterocycles. The summed E-state index contributed by atoms with van der Waals surface area (Å²) in [6.07, 6.45) is 5.15. The van der Waals surface area contributed by atoms with E-state index in [1.54, 1.807) is 0 Å². The van der Waals surface area contributed by atoms with Crippen LogP contribution in [-0.2, 0) is 11.2 Å². The van der Waals surface area contributed by atoms with Gasteiger partial charge in [0.05, 0.1) is 17.9 Å². The number of nitrogens with zero attached hydrogens (tertiary/aromatic N) is 4. The van der Waals surface area contributed by atoms with E-state index in [2.05, 4.69) is 48.6 Å². The molecule has 0 aromatic carbocycles. The Morgan fingerprint density at radius 3 is 2.50 bits per heavy atom. The summed E-state index contributed by atoms with van der Waals surface area (Å²) in [5, 5.41) is 0. The predicted molar refractivity (Wildman–Crippen MR) is 108 cm³/mol. The van der Waals surface area contributed by atoms with Crippen LogP contribution in [-0.4, -0.2) is 40.2 Å². The van der Waals surface area contributed by atoms with Crippen LogP contribution in [0.4, 0.5) is 5.95 Å². The fourth-order valence-corrected chi connectivity index (χ4v) is 3.40. The van der Waals surface area contributed by atoms with Crippen molar-refractivity contribution in [1.82, 2.24) is 15.0 Å². The minimum atomic E-state index is 0. The number of rotatable bonds is 4. The number of morpholine rings is 1. The summed E-state index contributed by atoms with van der Waals surface area (Å²) < 4.78 is 5.83. The average molecular weight is 377 g/mol. The van der Waals surface area contributed by atoms with Gasteiger partial charge in [-0.2, -0.15) is 0 Å². The molecule has 1 fully saturated rings. The Bertz CT molecular complexity index is 728. The number of aromatic nitrogens is 3. The number of pyridine rings is 1. The molecule has 142 valence electrons. The highest BCUT2D eigenvalue weighted by Crippen LogP contribution is 2.26. The average Bonchev–Trinajstić information content (AvgIpc) is 2.53. The summed E-state index contributed by atoms with van der Waals surface area (Å²) >= 11 is 0. The maximum atomic E-state index is 5.83. The van der Waals surface area contributed by atoms with E-state index in [1.807, 2.05) is 25.4 Å². The molecule has 0 N–H and O–H groups in total. The summed E-state index contributed by atoms with van der Waals surface area (Å²) in [6, 6.07) is 4.13. The number of ether oxygens (including phenoxy) is 1. The van der Waals surface area contributed by atoms with E-state index in [0.29, 0.717) is 5.92 Å². The van der Waals surface area contributed by atoms with Crippen molar-refractivity contribution in [3.63, 3.8) is 0 Å². The van der Waals surface area contributed by atoms with E-state index in [9.17, 15) is 0 Å². The monoisotopic (exact) mass is 376 g/mol. The van der Waals surface area contributed by atoms with E-state index >= 15 is 0 Å². The first-order chi connectivity index (χ1) is 11.9. The predicted octanol–water partition coefficient (Wildman–Crippen LogP) is 4.08. The topological polar surface area (TPSA) is 51.1 Å². The number of hydrogen-bond donors (Lipinski definition) is 0. The first kappa shape index (κ1) is 20.6. The molecule has 1 aliphatic rings. The highest BCUT2D eigenvalue weighted by atomic mass is 35.5. The van der Waals surface area contributed by atoms with Gasteiger partial charge in [-0.15, -0.1) is 12.4 Å². The van der Waals surface area contributed by atoms with Gasteiger partial charge in [0.2, 0.25) is 5.95 Å². The molecule has 2 aromatic heterocycles. The molecule has 0 radical (unpaired) electrons. The second-order valence-electron chi connectivity index (χ2n) is 7.48. The zero-order valence-corrected chi connectivity index (χ0v) is 17.1. The van der Waals surface area contributed by atoms with Crippen molar-refractivity contribution < 1.29 is 4.74 Å². The van der Waals surface area contributed by atoms with Crippen molar-refractivity contribution in [1.29, 1.82) is 0 Å². The van der Waals surface area contributed by atoms with Gasteiger partial charge < -0.3 is 9.64 Å². The minimum Gasteiger partial charge on any atom is -0.372 e. The van der Waals surface area contributed by atoms with Gasteiger partial charge in [-0.05, 0) is 50.8 Å². The first-order valence-electron chi connectivity index (χ1n) is 9.11. The summed E-state index contributed by atoms with van der Waals surface area (Å²) in [5.41, 5.74) is 4.36. The first-order valence-corrected chi connectivity index (χ1v) is 9.11. The molecule has 0 bridgehead atoms. The van der Waals surface area contributed by atoms with E-state index in [-0.39, 0.29) is 24.6 Å². The van der Waals surface area contributed by atoms with Crippen molar-refractivity contribution in [2.45, 2.75) is 53.2 Å². The van der Waals surface area contributed by atoms with Crippen LogP contribution < -0.4 is 4.90 Å². The van der Waals surface area contributed by atoms with Crippen LogP contribution in [0.5, 0.6) is 0 Å². The lowest BCUT2D eigenvalue weighted by Crippen LogP contribution is -2.46. The smallest absolute Gasteiger partial charge is 0.225 e. The Kier molecular flexibility index (Phi) is 6.95. The molecule has 0 aliphatic carbocycles. The number of aryl methyl sites for hydroxylation is 1. The molecule has 1 aliphatic heterocycles. The van der Waals surface area contributed by atoms with E-state index in [4.69, 9.17) is 9.72 Å². The molecule has 26 heavy (non-hydrogen) atoms. The normalized spacial score (nSPS) is 20.2. The largest absolute Gasteiger partial charge is 0.372 e. The molecule has 0 saturated carbocycles. The highest BCUT2D eigenvalue weighted by molar-refractivity contribution is 5.85. The van der Waals surface area contributed by atoms with Gasteiger partial charge in [0.25, 0.3) is 0 Å². The van der Waals surface area contributed by atoms with Crippen LogP contribution in [0.2, 0.25) is 0 Å². The Morgan fingerprint density at radius 1 is 1.19 bits per heavy atom. The third-order valence-electron chi connectivity index (χ3n) is 4.37. The van der Waals surface area contributed by atoms with Crippen LogP contribution in [0.25, 0.3) is 11.1 Å². The zero-order valence-electron chi connectivity index (χ0n) is 16.3. The SMILES string of the molecule is Cc1cc(-c2cnc(N3CC(C)OC(C)C3)nc2CC(C)C)ccn1.Cl. The van der Waals surface area contributed by atoms with Gasteiger partial charge in [0, 0.05) is 36.7 Å². The minimum absolute atomic E-state index is 0. The van der Waals surface area contributed by atoms with Gasteiger partial charge in [-0.3, -0.25) is 4.98 Å². The molecular formula is C20H29ClN4O. The highest BCUT2D eigenvalue weighted by Gasteiger charge is 2.25. The second-order valence-corrected chi connectivity index (χ2v) is 7.48. The lowest BCUT2D eigenvalue weighted by molar-refractivity contribution is -0.00573. The van der Waals surface area contributed by atoms with Crippen molar-refractivity contribution in [3.05, 3.63) is 35.9 Å².